The number of carbonyl (C=O) groups is 1. The third-order valence-electron chi connectivity index (χ3n) is 10.1. The zero-order valence-electron chi connectivity index (χ0n) is 28.4. The van der Waals surface area contributed by atoms with Crippen LogP contribution < -0.4 is 5.32 Å². The highest BCUT2D eigenvalue weighted by Crippen LogP contribution is 2.39. The van der Waals surface area contributed by atoms with Crippen LogP contribution in [0, 0.1) is 0 Å². The van der Waals surface area contributed by atoms with Gasteiger partial charge in [0.05, 0.1) is 49.3 Å². The lowest BCUT2D eigenvalue weighted by Crippen LogP contribution is -2.48. The number of fused-ring (bicyclic) bond motifs is 1. The van der Waals surface area contributed by atoms with Crippen molar-refractivity contribution in [3.05, 3.63) is 131 Å². The summed E-state index contributed by atoms with van der Waals surface area (Å²) in [6.07, 6.45) is 3.26. The van der Waals surface area contributed by atoms with Gasteiger partial charge in [-0.05, 0) is 46.0 Å². The van der Waals surface area contributed by atoms with E-state index in [2.05, 4.69) is 56.6 Å². The molecular formula is C41H42N4O6. The van der Waals surface area contributed by atoms with Gasteiger partial charge < -0.3 is 34.3 Å². The van der Waals surface area contributed by atoms with E-state index in [1.807, 2.05) is 60.7 Å². The number of hydrogen-bond acceptors (Lipinski definition) is 9. The maximum Gasteiger partial charge on any atom is 0.271 e. The first-order valence-electron chi connectivity index (χ1n) is 17.7. The number of aliphatic hydroxyl groups excluding tert-OH is 1. The monoisotopic (exact) mass is 686 g/mol. The highest BCUT2D eigenvalue weighted by Gasteiger charge is 2.41. The number of nitrogens with zero attached hydrogens (tertiary/aromatic N) is 3. The maximum absolute atomic E-state index is 12.9. The van der Waals surface area contributed by atoms with Crippen molar-refractivity contribution in [2.45, 2.75) is 56.7 Å². The summed E-state index contributed by atoms with van der Waals surface area (Å²) in [7, 11) is 0. The van der Waals surface area contributed by atoms with Crippen LogP contribution in [-0.4, -0.2) is 70.6 Å². The fourth-order valence-corrected chi connectivity index (χ4v) is 7.22. The molecule has 262 valence electrons. The zero-order chi connectivity index (χ0) is 34.6. The van der Waals surface area contributed by atoms with Gasteiger partial charge in [-0.2, -0.15) is 0 Å². The van der Waals surface area contributed by atoms with Crippen molar-refractivity contribution in [2.75, 3.05) is 32.8 Å². The topological polar surface area (TPSA) is 115 Å². The number of likely N-dealkylation sites (tertiary alicyclic amines) is 1. The standard InChI is InChI=1S/C41H42N4O6/c46-27-28-8-10-31(11-9-28)38-23-34(26-45-18-16-41(17-19-45)48-20-21-49-41)50-40(51-38)32-14-12-30(13-15-32)33-5-3-4-29(22-33)24-43-39(47)37-25-42-35-6-1-2-7-36(35)44-37/h1-15,22,25,34,38,40,46H,16-21,23-24,26-27H2,(H,43,47)/t34-,38+,40+/m0/s1. The predicted octanol–water partition coefficient (Wildman–Crippen LogP) is 6.10. The van der Waals surface area contributed by atoms with Gasteiger partial charge in [0.15, 0.2) is 12.1 Å². The SMILES string of the molecule is O=C(NCc1cccc(-c2ccc([C@@H]3O[C@H](CN4CCC5(CC4)OCCO5)C[C@H](c4ccc(CO)cc4)O3)cc2)c1)c1cnc2ccccc2n1. The first-order valence-corrected chi connectivity index (χ1v) is 17.7. The lowest BCUT2D eigenvalue weighted by atomic mass is 9.98. The van der Waals surface area contributed by atoms with Crippen LogP contribution in [0.1, 0.15) is 64.4 Å². The van der Waals surface area contributed by atoms with Gasteiger partial charge in [0.1, 0.15) is 5.69 Å². The minimum Gasteiger partial charge on any atom is -0.392 e. The third-order valence-corrected chi connectivity index (χ3v) is 10.1. The number of aromatic nitrogens is 2. The van der Waals surface area contributed by atoms with Gasteiger partial charge in [0, 0.05) is 51.0 Å². The molecule has 4 aromatic carbocycles. The van der Waals surface area contributed by atoms with E-state index in [-0.39, 0.29) is 30.4 Å². The Balaban J connectivity index is 0.941. The van der Waals surface area contributed by atoms with Crippen molar-refractivity contribution in [1.82, 2.24) is 20.2 Å². The summed E-state index contributed by atoms with van der Waals surface area (Å²) in [6.45, 7) is 4.32. The predicted molar refractivity (Wildman–Crippen MR) is 191 cm³/mol. The molecule has 2 N–H and O–H groups in total. The van der Waals surface area contributed by atoms with E-state index in [1.165, 1.54) is 6.20 Å². The zero-order valence-corrected chi connectivity index (χ0v) is 28.4. The van der Waals surface area contributed by atoms with Crippen LogP contribution in [0.5, 0.6) is 0 Å². The fraction of sp³-hybridized carbons (Fsp3) is 0.341. The molecule has 1 amide bonds. The summed E-state index contributed by atoms with van der Waals surface area (Å²) >= 11 is 0. The van der Waals surface area contributed by atoms with Crippen LogP contribution in [0.25, 0.3) is 22.2 Å². The van der Waals surface area contributed by atoms with E-state index in [9.17, 15) is 9.90 Å². The normalized spacial score (nSPS) is 21.9. The van der Waals surface area contributed by atoms with Crippen LogP contribution in [0.4, 0.5) is 0 Å². The van der Waals surface area contributed by atoms with E-state index in [1.54, 1.807) is 0 Å². The largest absolute Gasteiger partial charge is 0.392 e. The molecule has 8 rings (SSSR count). The summed E-state index contributed by atoms with van der Waals surface area (Å²) < 4.78 is 25.2. The average Bonchev–Trinajstić information content (AvgIpc) is 3.65. The number of hydrogen-bond donors (Lipinski definition) is 2. The Labute approximate surface area is 297 Å². The van der Waals surface area contributed by atoms with Crippen molar-refractivity contribution in [3.63, 3.8) is 0 Å². The van der Waals surface area contributed by atoms with Gasteiger partial charge in [0.2, 0.25) is 0 Å². The lowest BCUT2D eigenvalue weighted by Gasteiger charge is -2.41. The average molecular weight is 687 g/mol. The molecule has 0 aliphatic carbocycles. The molecule has 4 heterocycles. The third kappa shape index (κ3) is 7.72. The Morgan fingerprint density at radius 2 is 1.57 bits per heavy atom. The molecule has 3 aliphatic rings. The quantitative estimate of drug-likeness (QED) is 0.190. The number of aliphatic hydroxyl groups is 1. The number of nitrogens with one attached hydrogen (secondary N) is 1. The highest BCUT2D eigenvalue weighted by atomic mass is 16.7. The molecule has 10 nitrogen and oxygen atoms in total. The number of ether oxygens (including phenoxy) is 4. The van der Waals surface area contributed by atoms with Gasteiger partial charge in [-0.25, -0.2) is 4.98 Å². The first kappa shape index (κ1) is 33.6. The number of carbonyl (C=O) groups excluding carboxylic acids is 1. The summed E-state index contributed by atoms with van der Waals surface area (Å²) in [5.41, 5.74) is 7.70. The molecule has 1 spiro atoms. The van der Waals surface area contributed by atoms with Crippen molar-refractivity contribution in [2.24, 2.45) is 0 Å². The van der Waals surface area contributed by atoms with Gasteiger partial charge in [-0.1, -0.05) is 78.9 Å². The first-order chi connectivity index (χ1) is 25.0. The molecule has 10 heteroatoms. The summed E-state index contributed by atoms with van der Waals surface area (Å²) in [5, 5.41) is 12.6. The fourth-order valence-electron chi connectivity index (χ4n) is 7.22. The molecule has 51 heavy (non-hydrogen) atoms. The molecule has 3 saturated heterocycles. The van der Waals surface area contributed by atoms with Crippen LogP contribution >= 0.6 is 0 Å². The van der Waals surface area contributed by atoms with Crippen molar-refractivity contribution < 1.29 is 28.8 Å². The molecule has 3 fully saturated rings. The van der Waals surface area contributed by atoms with Crippen LogP contribution in [0.15, 0.2) is 103 Å². The Morgan fingerprint density at radius 1 is 0.824 bits per heavy atom. The minimum atomic E-state index is -0.530. The van der Waals surface area contributed by atoms with Crippen LogP contribution in [0.3, 0.4) is 0 Å². The molecule has 0 radical (unpaired) electrons. The Kier molecular flexibility index (Phi) is 9.86. The number of benzene rings is 4. The second-order valence-electron chi connectivity index (χ2n) is 13.5. The second-order valence-corrected chi connectivity index (χ2v) is 13.5. The molecule has 5 aromatic rings. The molecule has 1 aromatic heterocycles. The Bertz CT molecular complexity index is 1950. The number of piperidine rings is 1. The number of amides is 1. The van der Waals surface area contributed by atoms with E-state index < -0.39 is 12.1 Å². The summed E-state index contributed by atoms with van der Waals surface area (Å²) in [6, 6.07) is 32.0. The Morgan fingerprint density at radius 3 is 2.33 bits per heavy atom. The van der Waals surface area contributed by atoms with Crippen LogP contribution in [0.2, 0.25) is 0 Å². The van der Waals surface area contributed by atoms with Gasteiger partial charge >= 0.3 is 0 Å². The molecule has 3 atom stereocenters. The lowest BCUT2D eigenvalue weighted by molar-refractivity contribution is -0.255. The summed E-state index contributed by atoms with van der Waals surface area (Å²) in [5.74, 6) is -0.674. The smallest absolute Gasteiger partial charge is 0.271 e. The van der Waals surface area contributed by atoms with Gasteiger partial charge in [0.25, 0.3) is 5.91 Å². The maximum atomic E-state index is 12.9. The van der Waals surface area contributed by atoms with Gasteiger partial charge in [-0.15, -0.1) is 0 Å². The number of rotatable bonds is 9. The molecule has 0 saturated carbocycles. The molecule has 3 aliphatic heterocycles. The van der Waals surface area contributed by atoms with E-state index in [0.717, 1.165) is 77.8 Å². The molecule has 0 unspecified atom stereocenters. The van der Waals surface area contributed by atoms with E-state index in [4.69, 9.17) is 18.9 Å². The van der Waals surface area contributed by atoms with Crippen molar-refractivity contribution >= 4 is 16.9 Å². The Hall–Kier alpha value is -4.55. The molecular weight excluding hydrogens is 644 g/mol. The van der Waals surface area contributed by atoms with Crippen LogP contribution in [-0.2, 0) is 32.1 Å². The number of para-hydroxylation sites is 2. The van der Waals surface area contributed by atoms with Crippen molar-refractivity contribution in [1.29, 1.82) is 0 Å². The molecule has 0 bridgehead atoms. The van der Waals surface area contributed by atoms with E-state index in [0.29, 0.717) is 25.3 Å². The van der Waals surface area contributed by atoms with Gasteiger partial charge in [-0.3, -0.25) is 9.78 Å². The minimum absolute atomic E-state index is 0.00839. The highest BCUT2D eigenvalue weighted by molar-refractivity contribution is 5.93. The van der Waals surface area contributed by atoms with E-state index >= 15 is 0 Å². The second kappa shape index (κ2) is 15.0. The summed E-state index contributed by atoms with van der Waals surface area (Å²) in [4.78, 5) is 24.1. The van der Waals surface area contributed by atoms with Crippen molar-refractivity contribution in [3.8, 4) is 11.1 Å².